The summed E-state index contributed by atoms with van der Waals surface area (Å²) >= 11 is 0. The average molecular weight is 276 g/mol. The van der Waals surface area contributed by atoms with Crippen molar-refractivity contribution in [3.05, 3.63) is 35.9 Å². The van der Waals surface area contributed by atoms with E-state index in [0.29, 0.717) is 19.5 Å². The molecular formula is C16H24N2O2. The molecule has 4 nitrogen and oxygen atoms in total. The molecule has 20 heavy (non-hydrogen) atoms. The highest BCUT2D eigenvalue weighted by atomic mass is 16.3. The summed E-state index contributed by atoms with van der Waals surface area (Å²) in [6.45, 7) is 2.78. The molecule has 1 aromatic carbocycles. The zero-order valence-electron chi connectivity index (χ0n) is 12.2. The Morgan fingerprint density at radius 3 is 2.75 bits per heavy atom. The van der Waals surface area contributed by atoms with Gasteiger partial charge >= 0.3 is 0 Å². The van der Waals surface area contributed by atoms with Crippen LogP contribution in [-0.4, -0.2) is 60.1 Å². The number of likely N-dealkylation sites (N-methyl/N-ethyl adjacent to an activating group) is 1. The van der Waals surface area contributed by atoms with Crippen LogP contribution in [0.15, 0.2) is 30.3 Å². The van der Waals surface area contributed by atoms with E-state index in [2.05, 4.69) is 17.0 Å². The van der Waals surface area contributed by atoms with Gasteiger partial charge in [0.2, 0.25) is 5.91 Å². The maximum Gasteiger partial charge on any atom is 0.222 e. The summed E-state index contributed by atoms with van der Waals surface area (Å²) in [5, 5.41) is 10.1. The van der Waals surface area contributed by atoms with Crippen LogP contribution in [-0.2, 0) is 11.2 Å². The van der Waals surface area contributed by atoms with Crippen LogP contribution in [0.2, 0.25) is 0 Å². The van der Waals surface area contributed by atoms with Crippen LogP contribution in [0.5, 0.6) is 0 Å². The number of nitrogens with zero attached hydrogens (tertiary/aromatic N) is 2. The second-order valence-corrected chi connectivity index (χ2v) is 5.59. The lowest BCUT2D eigenvalue weighted by Crippen LogP contribution is -2.40. The fourth-order valence-corrected chi connectivity index (χ4v) is 2.62. The molecule has 0 saturated carbocycles. The minimum Gasteiger partial charge on any atom is -0.390 e. The van der Waals surface area contributed by atoms with Crippen LogP contribution >= 0.6 is 0 Å². The van der Waals surface area contributed by atoms with E-state index in [1.54, 1.807) is 4.90 Å². The Bertz CT molecular complexity index is 422. The Balaban J connectivity index is 1.68. The first-order chi connectivity index (χ1) is 9.65. The molecule has 0 aliphatic carbocycles. The third kappa shape index (κ3) is 4.62. The van der Waals surface area contributed by atoms with Crippen molar-refractivity contribution in [3.8, 4) is 0 Å². The molecule has 1 aliphatic heterocycles. The quantitative estimate of drug-likeness (QED) is 0.812. The van der Waals surface area contributed by atoms with Crippen molar-refractivity contribution < 1.29 is 9.90 Å². The van der Waals surface area contributed by atoms with E-state index in [-0.39, 0.29) is 5.91 Å². The van der Waals surface area contributed by atoms with Gasteiger partial charge in [-0.1, -0.05) is 30.3 Å². The Kier molecular flexibility index (Phi) is 5.56. The van der Waals surface area contributed by atoms with Crippen LogP contribution in [0.4, 0.5) is 0 Å². The predicted octanol–water partition coefficient (Wildman–Crippen LogP) is 1.14. The summed E-state index contributed by atoms with van der Waals surface area (Å²) in [5.74, 6) is 0.177. The monoisotopic (exact) mass is 276 g/mol. The van der Waals surface area contributed by atoms with Crippen molar-refractivity contribution in [1.82, 2.24) is 9.80 Å². The zero-order chi connectivity index (χ0) is 14.4. The van der Waals surface area contributed by atoms with Gasteiger partial charge in [-0.15, -0.1) is 0 Å². The van der Waals surface area contributed by atoms with Crippen LogP contribution in [0.25, 0.3) is 0 Å². The van der Waals surface area contributed by atoms with Gasteiger partial charge in [-0.2, -0.15) is 0 Å². The fourth-order valence-electron chi connectivity index (χ4n) is 2.62. The number of β-amino-alcohol motifs (C(OH)–C–C–N with tert-alkyl or cyclic N) is 1. The van der Waals surface area contributed by atoms with Gasteiger partial charge in [-0.05, 0) is 25.5 Å². The lowest BCUT2D eigenvalue weighted by atomic mass is 10.1. The van der Waals surface area contributed by atoms with E-state index in [0.717, 1.165) is 25.9 Å². The summed E-state index contributed by atoms with van der Waals surface area (Å²) in [4.78, 5) is 15.4. The third-order valence-electron chi connectivity index (χ3n) is 3.75. The molecule has 2 rings (SSSR count). The minimum absolute atomic E-state index is 0.177. The summed E-state index contributed by atoms with van der Waals surface area (Å²) < 4.78 is 0. The molecule has 1 amide bonds. The number of hydrogen-bond acceptors (Lipinski definition) is 3. The van der Waals surface area contributed by atoms with Crippen LogP contribution in [0.1, 0.15) is 18.4 Å². The molecule has 1 unspecified atom stereocenters. The molecule has 110 valence electrons. The smallest absolute Gasteiger partial charge is 0.222 e. The molecule has 1 aromatic rings. The first-order valence-electron chi connectivity index (χ1n) is 7.33. The number of rotatable bonds is 7. The minimum atomic E-state index is -0.460. The third-order valence-corrected chi connectivity index (χ3v) is 3.75. The Morgan fingerprint density at radius 1 is 1.35 bits per heavy atom. The summed E-state index contributed by atoms with van der Waals surface area (Å²) in [5.41, 5.74) is 1.31. The average Bonchev–Trinajstić information content (AvgIpc) is 2.83. The number of hydrogen-bond donors (Lipinski definition) is 1. The Labute approximate surface area is 121 Å². The predicted molar refractivity (Wildman–Crippen MR) is 79.5 cm³/mol. The van der Waals surface area contributed by atoms with Gasteiger partial charge in [0.15, 0.2) is 0 Å². The standard InChI is InChI=1S/C16H24N2O2/c1-17(11-9-14-6-3-2-4-7-14)12-15(19)13-18-10-5-8-16(18)20/h2-4,6-7,15,19H,5,8-13H2,1H3. The SMILES string of the molecule is CN(CCc1ccccc1)CC(O)CN1CCCC1=O. The first kappa shape index (κ1) is 15.0. The molecule has 0 radical (unpaired) electrons. The number of benzene rings is 1. The highest BCUT2D eigenvalue weighted by Crippen LogP contribution is 2.10. The van der Waals surface area contributed by atoms with Gasteiger partial charge in [0.05, 0.1) is 6.10 Å². The molecule has 1 N–H and O–H groups in total. The lowest BCUT2D eigenvalue weighted by Gasteiger charge is -2.24. The van der Waals surface area contributed by atoms with Crippen molar-refractivity contribution >= 4 is 5.91 Å². The number of likely N-dealkylation sites (tertiary alicyclic amines) is 1. The normalized spacial score (nSPS) is 16.9. The van der Waals surface area contributed by atoms with E-state index in [9.17, 15) is 9.90 Å². The van der Waals surface area contributed by atoms with Gasteiger partial charge in [-0.25, -0.2) is 0 Å². The first-order valence-corrected chi connectivity index (χ1v) is 7.33. The summed E-state index contributed by atoms with van der Waals surface area (Å²) in [6, 6.07) is 10.3. The number of carbonyl (C=O) groups is 1. The summed E-state index contributed by atoms with van der Waals surface area (Å²) in [7, 11) is 2.01. The molecule has 4 heteroatoms. The fraction of sp³-hybridized carbons (Fsp3) is 0.562. The number of amides is 1. The van der Waals surface area contributed by atoms with Gasteiger partial charge in [0.25, 0.3) is 0 Å². The maximum atomic E-state index is 11.5. The number of aliphatic hydroxyl groups excluding tert-OH is 1. The van der Waals surface area contributed by atoms with E-state index in [1.807, 2.05) is 25.2 Å². The topological polar surface area (TPSA) is 43.8 Å². The van der Waals surface area contributed by atoms with Crippen molar-refractivity contribution in [2.75, 3.05) is 33.2 Å². The molecule has 0 spiro atoms. The highest BCUT2D eigenvalue weighted by Gasteiger charge is 2.22. The molecular weight excluding hydrogens is 252 g/mol. The summed E-state index contributed by atoms with van der Waals surface area (Å²) in [6.07, 6.45) is 2.08. The lowest BCUT2D eigenvalue weighted by molar-refractivity contribution is -0.129. The molecule has 0 aromatic heterocycles. The molecule has 1 heterocycles. The van der Waals surface area contributed by atoms with Crippen LogP contribution in [0.3, 0.4) is 0 Å². The largest absolute Gasteiger partial charge is 0.390 e. The second-order valence-electron chi connectivity index (χ2n) is 5.59. The Hall–Kier alpha value is -1.39. The van der Waals surface area contributed by atoms with E-state index in [4.69, 9.17) is 0 Å². The van der Waals surface area contributed by atoms with Gasteiger partial charge in [0.1, 0.15) is 0 Å². The highest BCUT2D eigenvalue weighted by molar-refractivity contribution is 5.78. The second kappa shape index (κ2) is 7.41. The van der Waals surface area contributed by atoms with Crippen molar-refractivity contribution in [2.45, 2.75) is 25.4 Å². The molecule has 1 saturated heterocycles. The molecule has 0 bridgehead atoms. The zero-order valence-corrected chi connectivity index (χ0v) is 12.2. The molecule has 1 fully saturated rings. The van der Waals surface area contributed by atoms with Gasteiger partial charge in [0, 0.05) is 32.6 Å². The van der Waals surface area contributed by atoms with Crippen molar-refractivity contribution in [2.24, 2.45) is 0 Å². The van der Waals surface area contributed by atoms with Gasteiger partial charge in [-0.3, -0.25) is 4.79 Å². The van der Waals surface area contributed by atoms with Gasteiger partial charge < -0.3 is 14.9 Å². The Morgan fingerprint density at radius 2 is 2.10 bits per heavy atom. The van der Waals surface area contributed by atoms with E-state index in [1.165, 1.54) is 5.56 Å². The van der Waals surface area contributed by atoms with E-state index >= 15 is 0 Å². The molecule has 1 aliphatic rings. The number of carbonyl (C=O) groups excluding carboxylic acids is 1. The maximum absolute atomic E-state index is 11.5. The van der Waals surface area contributed by atoms with Crippen LogP contribution in [0, 0.1) is 0 Å². The van der Waals surface area contributed by atoms with Crippen molar-refractivity contribution in [3.63, 3.8) is 0 Å². The number of aliphatic hydroxyl groups is 1. The van der Waals surface area contributed by atoms with E-state index < -0.39 is 6.10 Å². The molecule has 1 atom stereocenters. The van der Waals surface area contributed by atoms with Crippen LogP contribution < -0.4 is 0 Å². The van der Waals surface area contributed by atoms with Crippen molar-refractivity contribution in [1.29, 1.82) is 0 Å².